The predicted octanol–water partition coefficient (Wildman–Crippen LogP) is 1.78. The van der Waals surface area contributed by atoms with Crippen molar-refractivity contribution < 1.29 is 36.0 Å². The molecule has 0 spiro atoms. The summed E-state index contributed by atoms with van der Waals surface area (Å²) in [4.78, 5) is 11.7. The van der Waals surface area contributed by atoms with Gasteiger partial charge in [0.1, 0.15) is 6.10 Å². The Hall–Kier alpha value is -1.58. The van der Waals surface area contributed by atoms with E-state index in [1.165, 1.54) is 12.1 Å². The highest BCUT2D eigenvalue weighted by Gasteiger charge is 2.52. The van der Waals surface area contributed by atoms with E-state index in [9.17, 15) is 22.0 Å². The highest BCUT2D eigenvalue weighted by atomic mass is 32.2. The third-order valence-electron chi connectivity index (χ3n) is 2.95. The van der Waals surface area contributed by atoms with Gasteiger partial charge in [-0.25, -0.2) is 4.79 Å². The fourth-order valence-corrected chi connectivity index (χ4v) is 2.05. The number of rotatable bonds is 5. The summed E-state index contributed by atoms with van der Waals surface area (Å²) in [5.41, 5.74) is 0.820. The minimum Gasteiger partial charge on any atom is -0.451 e. The van der Waals surface area contributed by atoms with Gasteiger partial charge in [0.25, 0.3) is 0 Å². The molecule has 21 heavy (non-hydrogen) atoms. The van der Waals surface area contributed by atoms with Crippen molar-refractivity contribution in [3.05, 3.63) is 35.4 Å². The lowest BCUT2D eigenvalue weighted by Crippen LogP contribution is -2.42. The second-order valence-corrected chi connectivity index (χ2v) is 6.02. The summed E-state index contributed by atoms with van der Waals surface area (Å²) < 4.78 is 65.4. The van der Waals surface area contributed by atoms with Crippen LogP contribution in [-0.2, 0) is 19.6 Å². The maximum Gasteiger partial charge on any atom is 0.405 e. The van der Waals surface area contributed by atoms with Crippen LogP contribution in [0.2, 0.25) is 0 Å². The van der Waals surface area contributed by atoms with Crippen molar-refractivity contribution in [1.29, 1.82) is 0 Å². The van der Waals surface area contributed by atoms with Crippen LogP contribution < -0.4 is 0 Å². The Balaban J connectivity index is 2.06. The first-order chi connectivity index (χ1) is 9.63. The number of hydrogen-bond acceptors (Lipinski definition) is 5. The minimum atomic E-state index is -5.67. The summed E-state index contributed by atoms with van der Waals surface area (Å²) in [5, 5.41) is -4.58. The van der Waals surface area contributed by atoms with Crippen LogP contribution in [0.25, 0.3) is 0 Å². The summed E-state index contributed by atoms with van der Waals surface area (Å²) in [6.45, 7) is 1.26. The van der Waals surface area contributed by atoms with E-state index in [-0.39, 0.29) is 11.7 Å². The van der Waals surface area contributed by atoms with Crippen molar-refractivity contribution in [3.8, 4) is 0 Å². The molecule has 0 amide bonds. The molecule has 6 nitrogen and oxygen atoms in total. The Kier molecular flexibility index (Phi) is 4.00. The van der Waals surface area contributed by atoms with Gasteiger partial charge in [-0.05, 0) is 24.6 Å². The molecule has 2 atom stereocenters. The molecule has 9 heteroatoms. The zero-order valence-electron chi connectivity index (χ0n) is 10.8. The number of alkyl halides is 2. The normalized spacial score (nSPS) is 19.9. The highest BCUT2D eigenvalue weighted by molar-refractivity contribution is 7.86. The molecule has 0 radical (unpaired) electrons. The van der Waals surface area contributed by atoms with Crippen LogP contribution in [0.4, 0.5) is 8.78 Å². The third-order valence-corrected chi connectivity index (χ3v) is 3.97. The van der Waals surface area contributed by atoms with Gasteiger partial charge in [-0.1, -0.05) is 12.1 Å². The first kappa shape index (κ1) is 15.8. The average Bonchev–Trinajstić information content (AvgIpc) is 3.21. The van der Waals surface area contributed by atoms with E-state index in [0.717, 1.165) is 5.56 Å². The number of carbonyl (C=O) groups is 1. The van der Waals surface area contributed by atoms with Crippen molar-refractivity contribution in [3.63, 3.8) is 0 Å². The van der Waals surface area contributed by atoms with Crippen LogP contribution >= 0.6 is 0 Å². The molecular formula is C12H12F2O6S. The van der Waals surface area contributed by atoms with Gasteiger partial charge in [0.05, 0.1) is 12.2 Å². The number of halogens is 2. The van der Waals surface area contributed by atoms with Crippen LogP contribution in [0, 0.1) is 0 Å². The topological polar surface area (TPSA) is 93.2 Å². The summed E-state index contributed by atoms with van der Waals surface area (Å²) in [5.74, 6) is -1.12. The average molecular weight is 322 g/mol. The van der Waals surface area contributed by atoms with E-state index in [1.54, 1.807) is 12.1 Å². The van der Waals surface area contributed by atoms with E-state index < -0.39 is 27.4 Å². The van der Waals surface area contributed by atoms with Gasteiger partial charge in [-0.2, -0.15) is 17.2 Å². The third kappa shape index (κ3) is 3.36. The molecule has 0 bridgehead atoms. The zero-order chi connectivity index (χ0) is 15.8. The Morgan fingerprint density at radius 3 is 2.38 bits per heavy atom. The monoisotopic (exact) mass is 322 g/mol. The molecule has 0 saturated carbocycles. The standard InChI is InChI=1S/C12H12F2O6S/c1-7(12(13,14)21(16,17)18)20-11(15)9-4-2-8(3-5-9)10-6-19-10/h2-5,7,10H,6H2,1H3,(H,16,17,18). The molecule has 1 aliphatic heterocycles. The second-order valence-electron chi connectivity index (χ2n) is 4.53. The second kappa shape index (κ2) is 5.32. The van der Waals surface area contributed by atoms with Gasteiger partial charge >= 0.3 is 21.3 Å². The van der Waals surface area contributed by atoms with Crippen molar-refractivity contribution in [2.45, 2.75) is 24.4 Å². The Bertz CT molecular complexity index is 636. The van der Waals surface area contributed by atoms with Gasteiger partial charge in [-0.3, -0.25) is 4.55 Å². The van der Waals surface area contributed by atoms with Gasteiger partial charge < -0.3 is 9.47 Å². The number of ether oxygens (including phenoxy) is 2. The smallest absolute Gasteiger partial charge is 0.405 e. The van der Waals surface area contributed by atoms with Gasteiger partial charge in [0.15, 0.2) is 6.10 Å². The first-order valence-electron chi connectivity index (χ1n) is 5.90. The lowest BCUT2D eigenvalue weighted by Gasteiger charge is -2.20. The van der Waals surface area contributed by atoms with Crippen molar-refractivity contribution in [2.24, 2.45) is 0 Å². The number of epoxide rings is 1. The van der Waals surface area contributed by atoms with Crippen molar-refractivity contribution in [2.75, 3.05) is 6.61 Å². The van der Waals surface area contributed by atoms with E-state index in [1.807, 2.05) is 0 Å². The fourth-order valence-electron chi connectivity index (χ4n) is 1.58. The van der Waals surface area contributed by atoms with Crippen LogP contribution in [-0.4, -0.2) is 36.9 Å². The van der Waals surface area contributed by atoms with Crippen LogP contribution in [0.5, 0.6) is 0 Å². The number of esters is 1. The summed E-state index contributed by atoms with van der Waals surface area (Å²) in [6, 6.07) is 5.88. The lowest BCUT2D eigenvalue weighted by atomic mass is 10.1. The van der Waals surface area contributed by atoms with E-state index in [0.29, 0.717) is 13.5 Å². The Morgan fingerprint density at radius 2 is 1.95 bits per heavy atom. The molecule has 0 aliphatic carbocycles. The maximum atomic E-state index is 13.2. The highest BCUT2D eigenvalue weighted by Crippen LogP contribution is 2.30. The number of hydrogen-bond donors (Lipinski definition) is 1. The van der Waals surface area contributed by atoms with E-state index >= 15 is 0 Å². The SMILES string of the molecule is CC(OC(=O)c1ccc(C2CO2)cc1)C(F)(F)S(=O)(=O)O. The molecular weight excluding hydrogens is 310 g/mol. The zero-order valence-corrected chi connectivity index (χ0v) is 11.6. The Labute approximate surface area is 119 Å². The molecule has 0 aromatic heterocycles. The maximum absolute atomic E-state index is 13.2. The molecule has 116 valence electrons. The summed E-state index contributed by atoms with van der Waals surface area (Å²) in [7, 11) is -5.67. The van der Waals surface area contributed by atoms with E-state index in [4.69, 9.17) is 9.29 Å². The Morgan fingerprint density at radius 1 is 1.43 bits per heavy atom. The number of carbonyl (C=O) groups excluding carboxylic acids is 1. The molecule has 1 aliphatic rings. The molecule has 1 aromatic rings. The molecule has 1 fully saturated rings. The van der Waals surface area contributed by atoms with Crippen LogP contribution in [0.1, 0.15) is 28.9 Å². The first-order valence-corrected chi connectivity index (χ1v) is 7.34. The summed E-state index contributed by atoms with van der Waals surface area (Å²) >= 11 is 0. The largest absolute Gasteiger partial charge is 0.451 e. The quantitative estimate of drug-likeness (QED) is 0.504. The van der Waals surface area contributed by atoms with Gasteiger partial charge in [0, 0.05) is 0 Å². The van der Waals surface area contributed by atoms with Gasteiger partial charge in [0.2, 0.25) is 0 Å². The predicted molar refractivity (Wildman–Crippen MR) is 66.5 cm³/mol. The minimum absolute atomic E-state index is 0.0159. The lowest BCUT2D eigenvalue weighted by molar-refractivity contribution is -0.0549. The molecule has 2 unspecified atom stereocenters. The molecule has 1 aromatic carbocycles. The van der Waals surface area contributed by atoms with Crippen LogP contribution in [0.3, 0.4) is 0 Å². The molecule has 2 rings (SSSR count). The fraction of sp³-hybridized carbons (Fsp3) is 0.417. The van der Waals surface area contributed by atoms with Crippen molar-refractivity contribution >= 4 is 16.1 Å². The summed E-state index contributed by atoms with van der Waals surface area (Å²) in [6.07, 6.45) is -2.34. The van der Waals surface area contributed by atoms with Crippen LogP contribution in [0.15, 0.2) is 24.3 Å². The number of benzene rings is 1. The van der Waals surface area contributed by atoms with Crippen molar-refractivity contribution in [1.82, 2.24) is 0 Å². The molecule has 1 N–H and O–H groups in total. The molecule has 1 heterocycles. The molecule has 1 saturated heterocycles. The van der Waals surface area contributed by atoms with E-state index in [2.05, 4.69) is 4.74 Å². The van der Waals surface area contributed by atoms with Gasteiger partial charge in [-0.15, -0.1) is 0 Å².